The third kappa shape index (κ3) is 7.59. The summed E-state index contributed by atoms with van der Waals surface area (Å²) >= 11 is 19.7. The molecular formula is C26H22Br2N4O4S4. The summed E-state index contributed by atoms with van der Waals surface area (Å²) in [5.41, 5.74) is 1.34. The first-order chi connectivity index (χ1) is 19.2. The average Bonchev–Trinajstić information content (AvgIpc) is 3.35. The molecule has 2 heterocycles. The maximum atomic E-state index is 13.1. The number of amides is 4. The summed E-state index contributed by atoms with van der Waals surface area (Å²) in [7, 11) is 0. The van der Waals surface area contributed by atoms with Crippen LogP contribution in [-0.2, 0) is 19.2 Å². The van der Waals surface area contributed by atoms with E-state index in [-0.39, 0.29) is 59.4 Å². The van der Waals surface area contributed by atoms with Gasteiger partial charge in [-0.05, 0) is 69.0 Å². The fraction of sp³-hybridized carbons (Fsp3) is 0.231. The zero-order valence-corrected chi connectivity index (χ0v) is 27.2. The standard InChI is InChI=1S/C26H22Br2N4O4S4/c27-15-7-1-3-9-17(15)29-19(33)11-5-13-31-23(35)21(39-25(31)37)22-24(36)32(26(38)40-22)14-6-12-20(34)30-18-10-4-2-8-16(18)28/h1-4,7-10H,5-6,11-14H2,(H,29,33)(H,30,34). The molecule has 2 fully saturated rings. The topological polar surface area (TPSA) is 98.8 Å². The molecule has 8 nitrogen and oxygen atoms in total. The third-order valence-electron chi connectivity index (χ3n) is 5.77. The average molecular weight is 743 g/mol. The maximum absolute atomic E-state index is 13.1. The zero-order chi connectivity index (χ0) is 28.8. The number of thioether (sulfide) groups is 2. The van der Waals surface area contributed by atoms with Gasteiger partial charge in [-0.25, -0.2) is 0 Å². The van der Waals surface area contributed by atoms with Crippen molar-refractivity contribution in [3.05, 3.63) is 67.3 Å². The van der Waals surface area contributed by atoms with Crippen molar-refractivity contribution in [1.82, 2.24) is 9.80 Å². The molecule has 208 valence electrons. The molecule has 2 N–H and O–H groups in total. The van der Waals surface area contributed by atoms with Gasteiger partial charge in [-0.3, -0.25) is 29.0 Å². The molecule has 2 aromatic rings. The van der Waals surface area contributed by atoms with Crippen molar-refractivity contribution in [2.24, 2.45) is 0 Å². The first-order valence-electron chi connectivity index (χ1n) is 12.1. The summed E-state index contributed by atoms with van der Waals surface area (Å²) in [4.78, 5) is 54.3. The Morgan fingerprint density at radius 3 is 1.45 bits per heavy atom. The van der Waals surface area contributed by atoms with Gasteiger partial charge in [0.25, 0.3) is 11.8 Å². The number of para-hydroxylation sites is 2. The van der Waals surface area contributed by atoms with Crippen molar-refractivity contribution in [2.75, 3.05) is 23.7 Å². The van der Waals surface area contributed by atoms with Gasteiger partial charge in [-0.2, -0.15) is 0 Å². The second kappa shape index (κ2) is 14.2. The Balaban J connectivity index is 1.28. The monoisotopic (exact) mass is 740 g/mol. The summed E-state index contributed by atoms with van der Waals surface area (Å²) in [6, 6.07) is 14.6. The highest BCUT2D eigenvalue weighted by molar-refractivity contribution is 9.11. The number of carbonyl (C=O) groups is 4. The van der Waals surface area contributed by atoms with E-state index in [1.165, 1.54) is 9.80 Å². The number of thiocarbonyl (C=S) groups is 2. The Kier molecular flexibility index (Phi) is 10.9. The van der Waals surface area contributed by atoms with Crippen LogP contribution < -0.4 is 10.6 Å². The number of nitrogens with zero attached hydrogens (tertiary/aromatic N) is 2. The van der Waals surface area contributed by atoms with Crippen LogP contribution in [0.3, 0.4) is 0 Å². The molecule has 0 aromatic heterocycles. The maximum Gasteiger partial charge on any atom is 0.267 e. The lowest BCUT2D eigenvalue weighted by atomic mass is 10.2. The van der Waals surface area contributed by atoms with E-state index in [4.69, 9.17) is 24.4 Å². The van der Waals surface area contributed by atoms with Crippen LogP contribution in [0.1, 0.15) is 25.7 Å². The lowest BCUT2D eigenvalue weighted by molar-refractivity contribution is -0.124. The number of halogens is 2. The van der Waals surface area contributed by atoms with Crippen molar-refractivity contribution < 1.29 is 19.2 Å². The predicted octanol–water partition coefficient (Wildman–Crippen LogP) is 6.28. The molecule has 40 heavy (non-hydrogen) atoms. The fourth-order valence-electron chi connectivity index (χ4n) is 3.80. The molecule has 0 unspecified atom stereocenters. The molecule has 0 aliphatic carbocycles. The van der Waals surface area contributed by atoms with Gasteiger partial charge in [0.15, 0.2) is 0 Å². The normalized spacial score (nSPS) is 17.1. The van der Waals surface area contributed by atoms with Crippen LogP contribution in [0.4, 0.5) is 11.4 Å². The highest BCUT2D eigenvalue weighted by Gasteiger charge is 2.41. The van der Waals surface area contributed by atoms with Crippen molar-refractivity contribution in [2.45, 2.75) is 25.7 Å². The van der Waals surface area contributed by atoms with Gasteiger partial charge >= 0.3 is 0 Å². The van der Waals surface area contributed by atoms with Crippen LogP contribution in [0, 0.1) is 0 Å². The van der Waals surface area contributed by atoms with E-state index in [9.17, 15) is 19.2 Å². The largest absolute Gasteiger partial charge is 0.325 e. The number of carbonyl (C=O) groups excluding carboxylic acids is 4. The van der Waals surface area contributed by atoms with Gasteiger partial charge in [0, 0.05) is 34.9 Å². The smallest absolute Gasteiger partial charge is 0.267 e. The van der Waals surface area contributed by atoms with E-state index in [1.54, 1.807) is 12.1 Å². The highest BCUT2D eigenvalue weighted by atomic mass is 79.9. The molecule has 4 amide bonds. The minimum Gasteiger partial charge on any atom is -0.325 e. The van der Waals surface area contributed by atoms with Crippen LogP contribution in [0.2, 0.25) is 0 Å². The summed E-state index contributed by atoms with van der Waals surface area (Å²) in [5, 5.41) is 5.67. The van der Waals surface area contributed by atoms with E-state index < -0.39 is 0 Å². The van der Waals surface area contributed by atoms with Crippen LogP contribution in [-0.4, -0.2) is 55.2 Å². The van der Waals surface area contributed by atoms with Crippen LogP contribution in [0.15, 0.2) is 67.3 Å². The molecule has 0 atom stereocenters. The van der Waals surface area contributed by atoms with Crippen molar-refractivity contribution >= 4 is 123 Å². The molecule has 2 aliphatic rings. The Hall–Kier alpha value is -2.10. The third-order valence-corrected chi connectivity index (χ3v) is 10.2. The molecular weight excluding hydrogens is 720 g/mol. The zero-order valence-electron chi connectivity index (χ0n) is 20.8. The molecule has 2 aliphatic heterocycles. The summed E-state index contributed by atoms with van der Waals surface area (Å²) in [6.07, 6.45) is 1.20. The van der Waals surface area contributed by atoms with Gasteiger partial charge in [0.1, 0.15) is 8.64 Å². The SMILES string of the molecule is O=C(CCCN1C(=O)C(=C2SC(=S)N(CCCC(=O)Nc3ccccc3Br)C2=O)SC1=S)Nc1ccccc1Br. The number of nitrogens with one attached hydrogen (secondary N) is 2. The van der Waals surface area contributed by atoms with E-state index >= 15 is 0 Å². The minimum atomic E-state index is -0.366. The lowest BCUT2D eigenvalue weighted by Crippen LogP contribution is -2.31. The summed E-state index contributed by atoms with van der Waals surface area (Å²) in [5.74, 6) is -1.09. The Bertz CT molecular complexity index is 1330. The molecule has 0 saturated carbocycles. The second-order valence-corrected chi connectivity index (χ2v) is 13.6. The number of hydrogen-bond donors (Lipinski definition) is 2. The van der Waals surface area contributed by atoms with Gasteiger partial charge in [0.05, 0.1) is 21.2 Å². The van der Waals surface area contributed by atoms with Crippen LogP contribution in [0.25, 0.3) is 0 Å². The number of benzene rings is 2. The fourth-order valence-corrected chi connectivity index (χ4v) is 7.34. The Labute approximate surface area is 267 Å². The molecule has 0 spiro atoms. The van der Waals surface area contributed by atoms with Crippen molar-refractivity contribution in [3.8, 4) is 0 Å². The first-order valence-corrected chi connectivity index (χ1v) is 16.1. The molecule has 4 rings (SSSR count). The van der Waals surface area contributed by atoms with E-state index in [0.29, 0.717) is 32.9 Å². The van der Waals surface area contributed by atoms with E-state index in [1.807, 2.05) is 36.4 Å². The van der Waals surface area contributed by atoms with Crippen molar-refractivity contribution in [1.29, 1.82) is 0 Å². The molecule has 2 aromatic carbocycles. The van der Waals surface area contributed by atoms with Gasteiger partial charge in [-0.1, -0.05) is 72.2 Å². The molecule has 0 bridgehead atoms. The summed E-state index contributed by atoms with van der Waals surface area (Å²) in [6.45, 7) is 0.509. The predicted molar refractivity (Wildman–Crippen MR) is 175 cm³/mol. The number of rotatable bonds is 10. The quantitative estimate of drug-likeness (QED) is 0.217. The van der Waals surface area contributed by atoms with Crippen LogP contribution in [0.5, 0.6) is 0 Å². The van der Waals surface area contributed by atoms with Crippen molar-refractivity contribution in [3.63, 3.8) is 0 Å². The molecule has 14 heteroatoms. The number of anilines is 2. The van der Waals surface area contributed by atoms with E-state index in [2.05, 4.69) is 42.5 Å². The molecule has 2 saturated heterocycles. The first kappa shape index (κ1) is 30.8. The minimum absolute atomic E-state index is 0.178. The lowest BCUT2D eigenvalue weighted by Gasteiger charge is -2.15. The van der Waals surface area contributed by atoms with Gasteiger partial charge in [0.2, 0.25) is 11.8 Å². The summed E-state index contributed by atoms with van der Waals surface area (Å²) < 4.78 is 2.23. The second-order valence-electron chi connectivity index (χ2n) is 8.57. The highest BCUT2D eigenvalue weighted by Crippen LogP contribution is 2.42. The van der Waals surface area contributed by atoms with Gasteiger partial charge < -0.3 is 10.6 Å². The Morgan fingerprint density at radius 2 is 1.07 bits per heavy atom. The number of hydrogen-bond acceptors (Lipinski definition) is 8. The Morgan fingerprint density at radius 1 is 0.700 bits per heavy atom. The molecule has 0 radical (unpaired) electrons. The van der Waals surface area contributed by atoms with Gasteiger partial charge in [-0.15, -0.1) is 0 Å². The van der Waals surface area contributed by atoms with E-state index in [0.717, 1.165) is 32.5 Å². The van der Waals surface area contributed by atoms with Crippen LogP contribution >= 0.6 is 79.8 Å².